The topological polar surface area (TPSA) is 177 Å². The Hall–Kier alpha value is -1.78. The van der Waals surface area contributed by atoms with E-state index in [0.717, 1.165) is 0 Å². The van der Waals surface area contributed by atoms with Crippen molar-refractivity contribution in [2.75, 3.05) is 25.3 Å². The Morgan fingerprint density at radius 2 is 2.23 bits per heavy atom. The monoisotopic (exact) mass is 333 g/mol. The van der Waals surface area contributed by atoms with Crippen LogP contribution in [0.2, 0.25) is 0 Å². The second-order valence-corrected chi connectivity index (χ2v) is 6.32. The van der Waals surface area contributed by atoms with Gasteiger partial charge in [0, 0.05) is 19.1 Å². The van der Waals surface area contributed by atoms with Gasteiger partial charge in [-0.2, -0.15) is 4.98 Å². The number of hydrogen-bond donors (Lipinski definition) is 5. The van der Waals surface area contributed by atoms with Crippen LogP contribution in [0.15, 0.2) is 11.1 Å². The SMILES string of the molecule is Nc1nc2c(ncn2CC(CO)COCP(=O)(O)O)c(=O)[nH]1. The molecular formula is C10H16N5O6P. The zero-order valence-corrected chi connectivity index (χ0v) is 12.3. The van der Waals surface area contributed by atoms with Crippen molar-refractivity contribution in [1.82, 2.24) is 19.5 Å². The highest BCUT2D eigenvalue weighted by molar-refractivity contribution is 7.51. The number of imidazole rings is 1. The van der Waals surface area contributed by atoms with Crippen molar-refractivity contribution in [3.05, 3.63) is 16.7 Å². The molecule has 0 aliphatic rings. The summed E-state index contributed by atoms with van der Waals surface area (Å²) in [6.07, 6.45) is 0.650. The van der Waals surface area contributed by atoms with Crippen LogP contribution in [-0.4, -0.2) is 54.0 Å². The van der Waals surface area contributed by atoms with Gasteiger partial charge in [-0.3, -0.25) is 14.3 Å². The third kappa shape index (κ3) is 4.12. The van der Waals surface area contributed by atoms with E-state index in [4.69, 9.17) is 20.3 Å². The second-order valence-electron chi connectivity index (χ2n) is 4.73. The number of nitrogens with one attached hydrogen (secondary N) is 1. The Morgan fingerprint density at radius 3 is 2.86 bits per heavy atom. The van der Waals surface area contributed by atoms with Crippen LogP contribution in [0.5, 0.6) is 0 Å². The van der Waals surface area contributed by atoms with Crippen molar-refractivity contribution in [2.24, 2.45) is 5.92 Å². The number of nitrogens with zero attached hydrogens (tertiary/aromatic N) is 3. The molecule has 0 fully saturated rings. The average molecular weight is 333 g/mol. The van der Waals surface area contributed by atoms with Crippen LogP contribution in [0.25, 0.3) is 11.2 Å². The maximum atomic E-state index is 11.6. The Bertz CT molecular complexity index is 752. The maximum Gasteiger partial charge on any atom is 0.350 e. The molecule has 11 nitrogen and oxygen atoms in total. The summed E-state index contributed by atoms with van der Waals surface area (Å²) in [4.78, 5) is 39.3. The van der Waals surface area contributed by atoms with Gasteiger partial charge in [-0.25, -0.2) is 4.98 Å². The average Bonchev–Trinajstić information content (AvgIpc) is 2.79. The van der Waals surface area contributed by atoms with Crippen molar-refractivity contribution in [1.29, 1.82) is 0 Å². The Morgan fingerprint density at radius 1 is 1.50 bits per heavy atom. The number of aliphatic hydroxyl groups is 1. The van der Waals surface area contributed by atoms with Gasteiger partial charge < -0.3 is 29.9 Å². The van der Waals surface area contributed by atoms with E-state index in [1.54, 1.807) is 0 Å². The van der Waals surface area contributed by atoms with Crippen LogP contribution >= 0.6 is 7.60 Å². The molecule has 2 rings (SSSR count). The van der Waals surface area contributed by atoms with E-state index in [2.05, 4.69) is 15.0 Å². The lowest BCUT2D eigenvalue weighted by atomic mass is 10.2. The van der Waals surface area contributed by atoms with Gasteiger partial charge in [0.15, 0.2) is 11.2 Å². The summed E-state index contributed by atoms with van der Waals surface area (Å²) in [5.41, 5.74) is 5.38. The first-order valence-corrected chi connectivity index (χ1v) is 8.03. The highest BCUT2D eigenvalue weighted by Crippen LogP contribution is 2.33. The number of aliphatic hydroxyl groups excluding tert-OH is 1. The molecule has 2 aromatic heterocycles. The molecule has 12 heteroatoms. The van der Waals surface area contributed by atoms with Crippen molar-refractivity contribution in [2.45, 2.75) is 6.54 Å². The fraction of sp³-hybridized carbons (Fsp3) is 0.500. The number of nitrogen functional groups attached to an aromatic ring is 1. The molecule has 0 spiro atoms. The molecule has 2 heterocycles. The zero-order valence-electron chi connectivity index (χ0n) is 11.4. The molecule has 0 saturated carbocycles. The van der Waals surface area contributed by atoms with Gasteiger partial charge >= 0.3 is 7.60 Å². The number of hydrogen-bond acceptors (Lipinski definition) is 7. The molecule has 0 aliphatic heterocycles. The van der Waals surface area contributed by atoms with Gasteiger partial charge in [-0.1, -0.05) is 0 Å². The Kier molecular flexibility index (Phi) is 4.94. The summed E-state index contributed by atoms with van der Waals surface area (Å²) >= 11 is 0. The van der Waals surface area contributed by atoms with E-state index in [-0.39, 0.29) is 36.9 Å². The van der Waals surface area contributed by atoms with Gasteiger partial charge in [-0.15, -0.1) is 0 Å². The van der Waals surface area contributed by atoms with E-state index >= 15 is 0 Å². The first kappa shape index (κ1) is 16.6. The number of fused-ring (bicyclic) bond motifs is 1. The van der Waals surface area contributed by atoms with Crippen LogP contribution in [0.3, 0.4) is 0 Å². The second kappa shape index (κ2) is 6.55. The summed E-state index contributed by atoms with van der Waals surface area (Å²) < 4.78 is 17.1. The lowest BCUT2D eigenvalue weighted by Crippen LogP contribution is -2.21. The van der Waals surface area contributed by atoms with Crippen LogP contribution in [-0.2, 0) is 15.8 Å². The number of H-pyrrole nitrogens is 1. The number of aromatic amines is 1. The Labute approximate surface area is 123 Å². The lowest BCUT2D eigenvalue weighted by molar-refractivity contribution is 0.0820. The van der Waals surface area contributed by atoms with Gasteiger partial charge in [-0.05, 0) is 0 Å². The first-order chi connectivity index (χ1) is 10.3. The quantitative estimate of drug-likeness (QED) is 0.376. The van der Waals surface area contributed by atoms with E-state index in [0.29, 0.717) is 0 Å². The molecule has 6 N–H and O–H groups in total. The minimum absolute atomic E-state index is 0.0578. The smallest absolute Gasteiger partial charge is 0.350 e. The molecule has 0 aromatic carbocycles. The highest BCUT2D eigenvalue weighted by atomic mass is 31.2. The molecule has 1 unspecified atom stereocenters. The molecule has 22 heavy (non-hydrogen) atoms. The van der Waals surface area contributed by atoms with Gasteiger partial charge in [0.1, 0.15) is 6.35 Å². The van der Waals surface area contributed by atoms with E-state index in [1.165, 1.54) is 10.9 Å². The van der Waals surface area contributed by atoms with E-state index in [9.17, 15) is 14.5 Å². The fourth-order valence-corrected chi connectivity index (χ4v) is 2.23. The van der Waals surface area contributed by atoms with Crippen molar-refractivity contribution in [3.8, 4) is 0 Å². The fourth-order valence-electron chi connectivity index (χ4n) is 1.88. The molecular weight excluding hydrogens is 317 g/mol. The molecule has 0 aliphatic carbocycles. The predicted octanol–water partition coefficient (Wildman–Crippen LogP) is -1.54. The number of anilines is 1. The molecule has 122 valence electrons. The van der Waals surface area contributed by atoms with Crippen molar-refractivity contribution in [3.63, 3.8) is 0 Å². The van der Waals surface area contributed by atoms with E-state index in [1.807, 2.05) is 0 Å². The number of ether oxygens (including phenoxy) is 1. The highest BCUT2D eigenvalue weighted by Gasteiger charge is 2.17. The van der Waals surface area contributed by atoms with Crippen molar-refractivity contribution >= 4 is 24.7 Å². The summed E-state index contributed by atoms with van der Waals surface area (Å²) in [5.74, 6) is -0.510. The number of aromatic nitrogens is 4. The molecule has 1 atom stereocenters. The van der Waals surface area contributed by atoms with Crippen molar-refractivity contribution < 1.29 is 24.2 Å². The van der Waals surface area contributed by atoms with Gasteiger partial charge in [0.2, 0.25) is 5.95 Å². The van der Waals surface area contributed by atoms with Gasteiger partial charge in [0.05, 0.1) is 12.9 Å². The minimum atomic E-state index is -4.25. The van der Waals surface area contributed by atoms with Crippen LogP contribution in [0.4, 0.5) is 5.95 Å². The molecule has 0 bridgehead atoms. The van der Waals surface area contributed by atoms with Crippen LogP contribution < -0.4 is 11.3 Å². The van der Waals surface area contributed by atoms with E-state index < -0.39 is 25.4 Å². The Balaban J connectivity index is 2.11. The summed E-state index contributed by atoms with van der Waals surface area (Å²) in [7, 11) is -4.25. The van der Waals surface area contributed by atoms with Crippen LogP contribution in [0.1, 0.15) is 0 Å². The summed E-state index contributed by atoms with van der Waals surface area (Å²) in [5, 5.41) is 9.31. The summed E-state index contributed by atoms with van der Waals surface area (Å²) in [6.45, 7) is -0.149. The molecule has 0 amide bonds. The first-order valence-electron chi connectivity index (χ1n) is 6.24. The largest absolute Gasteiger partial charge is 0.396 e. The third-order valence-electron chi connectivity index (χ3n) is 2.82. The third-order valence-corrected chi connectivity index (χ3v) is 3.34. The maximum absolute atomic E-state index is 11.6. The molecule has 2 aromatic rings. The summed E-state index contributed by atoms with van der Waals surface area (Å²) in [6, 6.07) is 0. The number of nitrogens with two attached hydrogens (primary N) is 1. The zero-order chi connectivity index (χ0) is 16.3. The standard InChI is InChI=1S/C10H16N5O6P/c11-10-13-8-7(9(17)14-10)12-4-15(8)1-6(2-16)3-21-5-22(18,19)20/h4,6,16H,1-3,5H2,(H2,18,19,20)(H3,11,13,14,17). The van der Waals surface area contributed by atoms with Gasteiger partial charge in [0.25, 0.3) is 5.56 Å². The molecule has 0 radical (unpaired) electrons. The predicted molar refractivity (Wildman–Crippen MR) is 76.0 cm³/mol. The molecule has 0 saturated heterocycles. The lowest BCUT2D eigenvalue weighted by Gasteiger charge is -2.15. The minimum Gasteiger partial charge on any atom is -0.396 e. The number of rotatable bonds is 7. The van der Waals surface area contributed by atoms with Crippen LogP contribution in [0, 0.1) is 5.92 Å². The normalized spacial score (nSPS) is 13.6.